The highest BCUT2D eigenvalue weighted by Crippen LogP contribution is 2.48. The summed E-state index contributed by atoms with van der Waals surface area (Å²) >= 11 is 3.70. The van der Waals surface area contributed by atoms with E-state index < -0.39 is 0 Å². The summed E-state index contributed by atoms with van der Waals surface area (Å²) in [5.74, 6) is 0. The molecule has 0 amide bonds. The molecule has 0 aliphatic carbocycles. The van der Waals surface area contributed by atoms with Crippen LogP contribution in [0.3, 0.4) is 0 Å². The molecule has 0 saturated carbocycles. The van der Waals surface area contributed by atoms with Crippen LogP contribution in [0.5, 0.6) is 0 Å². The minimum atomic E-state index is 0.899. The van der Waals surface area contributed by atoms with E-state index in [-0.39, 0.29) is 0 Å². The minimum absolute atomic E-state index is 0.899. The molecule has 7 aromatic carbocycles. The van der Waals surface area contributed by atoms with Crippen molar-refractivity contribution in [2.75, 3.05) is 4.90 Å². The summed E-state index contributed by atoms with van der Waals surface area (Å²) in [6.45, 7) is 0. The largest absolute Gasteiger partial charge is 0.454 e. The summed E-state index contributed by atoms with van der Waals surface area (Å²) in [5, 5.41) is 9.82. The highest BCUT2D eigenvalue weighted by Gasteiger charge is 2.23. The average molecular weight is 598 g/mol. The Morgan fingerprint density at radius 2 is 0.955 bits per heavy atom. The number of nitrogens with zero attached hydrogens (tertiary/aromatic N) is 1. The van der Waals surface area contributed by atoms with E-state index in [9.17, 15) is 0 Å². The maximum absolute atomic E-state index is 6.76. The molecule has 10 rings (SSSR count). The van der Waals surface area contributed by atoms with Crippen molar-refractivity contribution in [3.63, 3.8) is 0 Å². The lowest BCUT2D eigenvalue weighted by atomic mass is 10.0. The van der Waals surface area contributed by atoms with Gasteiger partial charge in [-0.15, -0.1) is 22.7 Å². The van der Waals surface area contributed by atoms with E-state index in [1.165, 1.54) is 51.1 Å². The van der Waals surface area contributed by atoms with E-state index in [0.717, 1.165) is 39.0 Å². The van der Waals surface area contributed by atoms with Gasteiger partial charge in [0.1, 0.15) is 5.58 Å². The number of thiophene rings is 2. The van der Waals surface area contributed by atoms with Crippen LogP contribution >= 0.6 is 22.7 Å². The van der Waals surface area contributed by atoms with Crippen molar-refractivity contribution >= 4 is 113 Å². The van der Waals surface area contributed by atoms with Gasteiger partial charge in [-0.05, 0) is 71.4 Å². The van der Waals surface area contributed by atoms with Crippen LogP contribution in [-0.4, -0.2) is 0 Å². The number of fused-ring (bicyclic) bond motifs is 11. The molecule has 0 saturated heterocycles. The molecule has 3 heterocycles. The van der Waals surface area contributed by atoms with Crippen LogP contribution in [0.2, 0.25) is 0 Å². The molecule has 0 spiro atoms. The van der Waals surface area contributed by atoms with Gasteiger partial charge < -0.3 is 9.32 Å². The van der Waals surface area contributed by atoms with Crippen LogP contribution in [-0.2, 0) is 0 Å². The molecule has 44 heavy (non-hydrogen) atoms. The van der Waals surface area contributed by atoms with Crippen LogP contribution < -0.4 is 4.90 Å². The first-order valence-corrected chi connectivity index (χ1v) is 16.4. The summed E-state index contributed by atoms with van der Waals surface area (Å²) in [6.07, 6.45) is 0. The first kappa shape index (κ1) is 24.3. The molecule has 0 bridgehead atoms. The van der Waals surface area contributed by atoms with Gasteiger partial charge in [0.05, 0.1) is 5.69 Å². The average Bonchev–Trinajstić information content (AvgIpc) is 3.76. The van der Waals surface area contributed by atoms with Crippen molar-refractivity contribution in [2.24, 2.45) is 0 Å². The zero-order valence-electron chi connectivity index (χ0n) is 23.5. The summed E-state index contributed by atoms with van der Waals surface area (Å²) in [7, 11) is 0. The van der Waals surface area contributed by atoms with Crippen LogP contribution in [0, 0.1) is 0 Å². The summed E-state index contributed by atoms with van der Waals surface area (Å²) in [6, 6.07) is 50.6. The highest BCUT2D eigenvalue weighted by atomic mass is 32.1. The predicted molar refractivity (Wildman–Crippen MR) is 192 cm³/mol. The van der Waals surface area contributed by atoms with Gasteiger partial charge in [0, 0.05) is 62.5 Å². The molecule has 0 unspecified atom stereocenters. The molecular weight excluding hydrogens is 575 g/mol. The number of rotatable bonds is 3. The summed E-state index contributed by atoms with van der Waals surface area (Å²) in [4.78, 5) is 2.40. The molecule has 0 N–H and O–H groups in total. The van der Waals surface area contributed by atoms with Crippen LogP contribution in [0.4, 0.5) is 17.1 Å². The molecule has 3 aromatic heterocycles. The lowest BCUT2D eigenvalue weighted by Crippen LogP contribution is -2.10. The van der Waals surface area contributed by atoms with Crippen molar-refractivity contribution in [3.8, 4) is 0 Å². The SMILES string of the molecule is c1ccc2c(c1)cc(N(c1ccc3sc4ccccc4c3c1)c1ccc3sc4ccccc4c3c1)c1oc3ccccc3c12. The van der Waals surface area contributed by atoms with Gasteiger partial charge in [0.25, 0.3) is 0 Å². The molecule has 10 aromatic rings. The van der Waals surface area contributed by atoms with E-state index in [1.54, 1.807) is 0 Å². The van der Waals surface area contributed by atoms with Gasteiger partial charge in [-0.3, -0.25) is 0 Å². The molecule has 0 aliphatic rings. The van der Waals surface area contributed by atoms with Crippen LogP contribution in [0.1, 0.15) is 0 Å². The zero-order chi connectivity index (χ0) is 28.8. The summed E-state index contributed by atoms with van der Waals surface area (Å²) in [5.41, 5.74) is 5.05. The van der Waals surface area contributed by atoms with Crippen molar-refractivity contribution < 1.29 is 4.42 Å². The Morgan fingerprint density at radius 3 is 1.61 bits per heavy atom. The second-order valence-electron chi connectivity index (χ2n) is 11.3. The fourth-order valence-corrected chi connectivity index (χ4v) is 9.03. The van der Waals surface area contributed by atoms with E-state index in [1.807, 2.05) is 22.7 Å². The Hall–Kier alpha value is -5.16. The van der Waals surface area contributed by atoms with Gasteiger partial charge in [0.2, 0.25) is 0 Å². The molecule has 0 radical (unpaired) electrons. The zero-order valence-corrected chi connectivity index (χ0v) is 25.1. The van der Waals surface area contributed by atoms with E-state index in [0.29, 0.717) is 0 Å². The Kier molecular flexibility index (Phi) is 5.06. The maximum atomic E-state index is 6.76. The number of furan rings is 1. The Morgan fingerprint density at radius 1 is 0.432 bits per heavy atom. The van der Waals surface area contributed by atoms with Gasteiger partial charge in [-0.2, -0.15) is 0 Å². The molecular formula is C40H23NOS2. The lowest BCUT2D eigenvalue weighted by molar-refractivity contribution is 0.669. The number of hydrogen-bond donors (Lipinski definition) is 0. The fourth-order valence-electron chi connectivity index (χ4n) is 6.86. The smallest absolute Gasteiger partial charge is 0.160 e. The first-order chi connectivity index (χ1) is 21.8. The highest BCUT2D eigenvalue weighted by molar-refractivity contribution is 7.26. The number of para-hydroxylation sites is 1. The third-order valence-corrected chi connectivity index (χ3v) is 11.1. The fraction of sp³-hybridized carbons (Fsp3) is 0. The van der Waals surface area contributed by atoms with E-state index in [2.05, 4.69) is 144 Å². The third kappa shape index (κ3) is 3.47. The standard InChI is InChI=1S/C40H23NOS2/c1-2-10-27-24(9-1)21-33(40-39(27)30-13-3-6-14-34(30)42-40)41(25-17-19-37-31(22-25)28-11-4-7-15-35(28)43-37)26-18-20-38-32(23-26)29-12-5-8-16-36(29)44-38/h1-23H. The normalized spacial score (nSPS) is 12.1. The second kappa shape index (κ2) is 9.17. The number of anilines is 3. The maximum Gasteiger partial charge on any atom is 0.160 e. The molecule has 0 atom stereocenters. The monoisotopic (exact) mass is 597 g/mol. The number of benzene rings is 7. The Bertz CT molecular complexity index is 2630. The van der Waals surface area contributed by atoms with Crippen molar-refractivity contribution in [3.05, 3.63) is 140 Å². The summed E-state index contributed by atoms with van der Waals surface area (Å²) < 4.78 is 12.0. The van der Waals surface area contributed by atoms with Gasteiger partial charge in [-0.25, -0.2) is 0 Å². The van der Waals surface area contributed by atoms with Crippen molar-refractivity contribution in [1.29, 1.82) is 0 Å². The molecule has 4 heteroatoms. The van der Waals surface area contributed by atoms with Gasteiger partial charge in [0.15, 0.2) is 5.58 Å². The van der Waals surface area contributed by atoms with E-state index >= 15 is 0 Å². The Balaban J connectivity index is 1.33. The van der Waals surface area contributed by atoms with Crippen LogP contribution in [0.25, 0.3) is 73.1 Å². The molecule has 0 fully saturated rings. The number of hydrogen-bond acceptors (Lipinski definition) is 4. The second-order valence-corrected chi connectivity index (χ2v) is 13.5. The molecule has 206 valence electrons. The first-order valence-electron chi connectivity index (χ1n) is 14.8. The Labute approximate surface area is 260 Å². The minimum Gasteiger partial charge on any atom is -0.454 e. The molecule has 2 nitrogen and oxygen atoms in total. The quantitative estimate of drug-likeness (QED) is 0.201. The topological polar surface area (TPSA) is 16.4 Å². The van der Waals surface area contributed by atoms with Crippen molar-refractivity contribution in [2.45, 2.75) is 0 Å². The molecule has 0 aliphatic heterocycles. The van der Waals surface area contributed by atoms with Gasteiger partial charge in [-0.1, -0.05) is 78.9 Å². The predicted octanol–water partition coefficient (Wildman–Crippen LogP) is 12.9. The van der Waals surface area contributed by atoms with Gasteiger partial charge >= 0.3 is 0 Å². The lowest BCUT2D eigenvalue weighted by Gasteiger charge is -2.26. The van der Waals surface area contributed by atoms with E-state index in [4.69, 9.17) is 4.42 Å². The van der Waals surface area contributed by atoms with Crippen molar-refractivity contribution in [1.82, 2.24) is 0 Å². The third-order valence-electron chi connectivity index (χ3n) is 8.83. The van der Waals surface area contributed by atoms with Crippen LogP contribution in [0.15, 0.2) is 144 Å².